The lowest BCUT2D eigenvalue weighted by Crippen LogP contribution is -2.47. The molecule has 0 saturated carbocycles. The predicted molar refractivity (Wildman–Crippen MR) is 55.0 cm³/mol. The molecule has 0 spiro atoms. The van der Waals surface area contributed by atoms with Crippen LogP contribution >= 0.6 is 0 Å². The summed E-state index contributed by atoms with van der Waals surface area (Å²) in [4.78, 5) is 25.9. The SMILES string of the molecule is O=C(O)[C@H]1C[C@@H](O)CN1C(=O)N1CCCC1. The normalized spacial score (nSPS) is 29.8. The number of aliphatic carboxylic acids is 1. The molecule has 2 heterocycles. The number of amides is 2. The molecule has 2 aliphatic rings. The van der Waals surface area contributed by atoms with Gasteiger partial charge in [-0.1, -0.05) is 0 Å². The molecular formula is C10H16N2O4. The zero-order valence-corrected chi connectivity index (χ0v) is 9.00. The lowest BCUT2D eigenvalue weighted by molar-refractivity contribution is -0.141. The summed E-state index contributed by atoms with van der Waals surface area (Å²) in [6.45, 7) is 1.52. The summed E-state index contributed by atoms with van der Waals surface area (Å²) in [5.41, 5.74) is 0. The number of aliphatic hydroxyl groups is 1. The van der Waals surface area contributed by atoms with Gasteiger partial charge < -0.3 is 20.0 Å². The van der Waals surface area contributed by atoms with Crippen LogP contribution in [-0.4, -0.2) is 63.8 Å². The van der Waals surface area contributed by atoms with Gasteiger partial charge in [0.1, 0.15) is 6.04 Å². The molecule has 6 heteroatoms. The van der Waals surface area contributed by atoms with E-state index in [0.29, 0.717) is 13.1 Å². The molecule has 2 fully saturated rings. The van der Waals surface area contributed by atoms with Crippen LogP contribution in [0.25, 0.3) is 0 Å². The highest BCUT2D eigenvalue weighted by Gasteiger charge is 2.40. The van der Waals surface area contributed by atoms with Gasteiger partial charge in [0.05, 0.1) is 6.10 Å². The summed E-state index contributed by atoms with van der Waals surface area (Å²) < 4.78 is 0. The average molecular weight is 228 g/mol. The molecule has 2 atom stereocenters. The Morgan fingerprint density at radius 3 is 2.38 bits per heavy atom. The fourth-order valence-electron chi connectivity index (χ4n) is 2.35. The fourth-order valence-corrected chi connectivity index (χ4v) is 2.35. The lowest BCUT2D eigenvalue weighted by atomic mass is 10.2. The van der Waals surface area contributed by atoms with Gasteiger partial charge in [-0.05, 0) is 12.8 Å². The number of carboxylic acids is 1. The minimum Gasteiger partial charge on any atom is -0.480 e. The first-order valence-electron chi connectivity index (χ1n) is 5.56. The van der Waals surface area contributed by atoms with Crippen molar-refractivity contribution in [1.82, 2.24) is 9.80 Å². The van der Waals surface area contributed by atoms with Gasteiger partial charge >= 0.3 is 12.0 Å². The summed E-state index contributed by atoms with van der Waals surface area (Å²) in [5.74, 6) is -1.04. The molecule has 6 nitrogen and oxygen atoms in total. The van der Waals surface area contributed by atoms with Gasteiger partial charge in [0.15, 0.2) is 0 Å². The van der Waals surface area contributed by atoms with E-state index in [0.717, 1.165) is 12.8 Å². The van der Waals surface area contributed by atoms with Crippen molar-refractivity contribution >= 4 is 12.0 Å². The van der Waals surface area contributed by atoms with Gasteiger partial charge in [0.2, 0.25) is 0 Å². The number of carboxylic acid groups (broad SMARTS) is 1. The van der Waals surface area contributed by atoms with Crippen molar-refractivity contribution in [2.24, 2.45) is 0 Å². The molecule has 2 saturated heterocycles. The summed E-state index contributed by atoms with van der Waals surface area (Å²) >= 11 is 0. The van der Waals surface area contributed by atoms with Gasteiger partial charge in [-0.25, -0.2) is 9.59 Å². The van der Waals surface area contributed by atoms with Crippen LogP contribution in [0.2, 0.25) is 0 Å². The van der Waals surface area contributed by atoms with E-state index in [1.165, 1.54) is 4.90 Å². The van der Waals surface area contributed by atoms with Crippen LogP contribution in [0.3, 0.4) is 0 Å². The summed E-state index contributed by atoms with van der Waals surface area (Å²) in [6.07, 6.45) is 1.36. The average Bonchev–Trinajstić information content (AvgIpc) is 2.84. The number of carbonyl (C=O) groups is 2. The third kappa shape index (κ3) is 1.97. The van der Waals surface area contributed by atoms with E-state index >= 15 is 0 Å². The van der Waals surface area contributed by atoms with Crippen molar-refractivity contribution in [3.05, 3.63) is 0 Å². The van der Waals surface area contributed by atoms with Crippen LogP contribution in [-0.2, 0) is 4.79 Å². The quantitative estimate of drug-likeness (QED) is 0.647. The third-order valence-corrected chi connectivity index (χ3v) is 3.19. The number of β-amino-alcohol motifs (C(OH)–C–C–N with tert-alkyl or cyclic N) is 1. The van der Waals surface area contributed by atoms with E-state index < -0.39 is 18.1 Å². The van der Waals surface area contributed by atoms with Crippen LogP contribution in [0, 0.1) is 0 Å². The maximum atomic E-state index is 12.0. The van der Waals surface area contributed by atoms with Crippen molar-refractivity contribution in [3.63, 3.8) is 0 Å². The maximum Gasteiger partial charge on any atom is 0.326 e. The van der Waals surface area contributed by atoms with Crippen LogP contribution in [0.15, 0.2) is 0 Å². The van der Waals surface area contributed by atoms with Crippen LogP contribution < -0.4 is 0 Å². The molecule has 0 aliphatic carbocycles. The largest absolute Gasteiger partial charge is 0.480 e. The smallest absolute Gasteiger partial charge is 0.326 e. The molecule has 90 valence electrons. The Labute approximate surface area is 93.4 Å². The number of carbonyl (C=O) groups excluding carboxylic acids is 1. The van der Waals surface area contributed by atoms with Crippen molar-refractivity contribution in [2.75, 3.05) is 19.6 Å². The number of aliphatic hydroxyl groups excluding tert-OH is 1. The van der Waals surface area contributed by atoms with Crippen molar-refractivity contribution < 1.29 is 19.8 Å². The molecule has 0 aromatic rings. The number of rotatable bonds is 1. The molecule has 0 aromatic heterocycles. The number of likely N-dealkylation sites (tertiary alicyclic amines) is 2. The first kappa shape index (κ1) is 11.2. The minimum absolute atomic E-state index is 0.131. The van der Waals surface area contributed by atoms with Gasteiger partial charge in [0.25, 0.3) is 0 Å². The van der Waals surface area contributed by atoms with E-state index in [-0.39, 0.29) is 19.0 Å². The zero-order valence-electron chi connectivity index (χ0n) is 9.00. The van der Waals surface area contributed by atoms with E-state index in [9.17, 15) is 14.7 Å². The second-order valence-corrected chi connectivity index (χ2v) is 4.37. The highest BCUT2D eigenvalue weighted by Crippen LogP contribution is 2.21. The number of hydrogen-bond acceptors (Lipinski definition) is 3. The molecule has 0 radical (unpaired) electrons. The van der Waals surface area contributed by atoms with Gasteiger partial charge in [-0.2, -0.15) is 0 Å². The fraction of sp³-hybridized carbons (Fsp3) is 0.800. The number of urea groups is 1. The molecule has 2 amide bonds. The third-order valence-electron chi connectivity index (χ3n) is 3.19. The number of hydrogen-bond donors (Lipinski definition) is 2. The van der Waals surface area contributed by atoms with Crippen LogP contribution in [0.5, 0.6) is 0 Å². The molecule has 16 heavy (non-hydrogen) atoms. The van der Waals surface area contributed by atoms with Gasteiger partial charge in [0, 0.05) is 26.1 Å². The first-order chi connectivity index (χ1) is 7.59. The molecule has 2 aliphatic heterocycles. The predicted octanol–water partition coefficient (Wildman–Crippen LogP) is -0.278. The Morgan fingerprint density at radius 2 is 1.81 bits per heavy atom. The Hall–Kier alpha value is -1.30. The molecule has 2 rings (SSSR count). The van der Waals surface area contributed by atoms with Crippen molar-refractivity contribution in [1.29, 1.82) is 0 Å². The molecule has 2 N–H and O–H groups in total. The Kier molecular flexibility index (Phi) is 3.00. The number of nitrogens with zero attached hydrogens (tertiary/aromatic N) is 2. The summed E-state index contributed by atoms with van der Waals surface area (Å²) in [7, 11) is 0. The second kappa shape index (κ2) is 4.29. The van der Waals surface area contributed by atoms with E-state index in [4.69, 9.17) is 5.11 Å². The van der Waals surface area contributed by atoms with E-state index in [1.807, 2.05) is 0 Å². The molecule has 0 bridgehead atoms. The topological polar surface area (TPSA) is 81.1 Å². The monoisotopic (exact) mass is 228 g/mol. The molecule has 0 unspecified atom stereocenters. The van der Waals surface area contributed by atoms with E-state index in [2.05, 4.69) is 0 Å². The van der Waals surface area contributed by atoms with Gasteiger partial charge in [-0.3, -0.25) is 0 Å². The molecule has 0 aromatic carbocycles. The minimum atomic E-state index is -1.04. The highest BCUT2D eigenvalue weighted by atomic mass is 16.4. The Morgan fingerprint density at radius 1 is 1.19 bits per heavy atom. The van der Waals surface area contributed by atoms with Gasteiger partial charge in [-0.15, -0.1) is 0 Å². The Balaban J connectivity index is 2.06. The second-order valence-electron chi connectivity index (χ2n) is 4.37. The standard InChI is InChI=1S/C10H16N2O4/c13-7-5-8(9(14)15)12(6-7)10(16)11-3-1-2-4-11/h7-8,13H,1-6H2,(H,14,15)/t7-,8-/m1/s1. The van der Waals surface area contributed by atoms with Crippen LogP contribution in [0.4, 0.5) is 4.79 Å². The summed E-state index contributed by atoms with van der Waals surface area (Å²) in [6, 6.07) is -1.12. The Bertz CT molecular complexity index is 301. The lowest BCUT2D eigenvalue weighted by Gasteiger charge is -2.26. The maximum absolute atomic E-state index is 12.0. The van der Waals surface area contributed by atoms with Crippen LogP contribution in [0.1, 0.15) is 19.3 Å². The summed E-state index contributed by atoms with van der Waals surface area (Å²) in [5, 5.41) is 18.4. The highest BCUT2D eigenvalue weighted by molar-refractivity contribution is 5.83. The van der Waals surface area contributed by atoms with Crippen molar-refractivity contribution in [3.8, 4) is 0 Å². The van der Waals surface area contributed by atoms with Crippen molar-refractivity contribution in [2.45, 2.75) is 31.4 Å². The van der Waals surface area contributed by atoms with E-state index in [1.54, 1.807) is 4.90 Å². The molecular weight excluding hydrogens is 212 g/mol. The zero-order chi connectivity index (χ0) is 11.7. The first-order valence-corrected chi connectivity index (χ1v) is 5.56.